The summed E-state index contributed by atoms with van der Waals surface area (Å²) in [6.45, 7) is 2.45. The topological polar surface area (TPSA) is 12.0 Å². The van der Waals surface area contributed by atoms with Gasteiger partial charge in [-0.3, -0.25) is 0 Å². The van der Waals surface area contributed by atoms with Crippen LogP contribution in [0.5, 0.6) is 0 Å². The summed E-state index contributed by atoms with van der Waals surface area (Å²) in [5.74, 6) is 2.18. The maximum Gasteiger partial charge on any atom is 0.00719 e. The molecular weight excluding hydrogens is 190 g/mol. The van der Waals surface area contributed by atoms with Crippen LogP contribution in [0.4, 0.5) is 0 Å². The van der Waals surface area contributed by atoms with E-state index in [9.17, 15) is 0 Å². The maximum absolute atomic E-state index is 3.41. The van der Waals surface area contributed by atoms with E-state index < -0.39 is 0 Å². The molecule has 0 aromatic heterocycles. The summed E-state index contributed by atoms with van der Waals surface area (Å²) in [7, 11) is 0. The van der Waals surface area contributed by atoms with Gasteiger partial charge in [0, 0.05) is 4.90 Å². The van der Waals surface area contributed by atoms with Crippen molar-refractivity contribution in [3.05, 3.63) is 30.3 Å². The van der Waals surface area contributed by atoms with E-state index in [0.29, 0.717) is 0 Å². The zero-order valence-corrected chi connectivity index (χ0v) is 9.22. The number of hydrogen-bond donors (Lipinski definition) is 1. The summed E-state index contributed by atoms with van der Waals surface area (Å²) < 4.78 is 0. The molecule has 0 saturated carbocycles. The predicted molar refractivity (Wildman–Crippen MR) is 62.8 cm³/mol. The number of thioether (sulfide) groups is 1. The van der Waals surface area contributed by atoms with Gasteiger partial charge in [-0.1, -0.05) is 18.2 Å². The molecule has 0 spiro atoms. The molecule has 0 amide bonds. The number of benzene rings is 1. The molecule has 1 N–H and O–H groups in total. The van der Waals surface area contributed by atoms with Gasteiger partial charge in [-0.05, 0) is 49.7 Å². The van der Waals surface area contributed by atoms with Crippen LogP contribution in [0.25, 0.3) is 0 Å². The summed E-state index contributed by atoms with van der Waals surface area (Å²) in [4.78, 5) is 1.40. The fraction of sp³-hybridized carbons (Fsp3) is 0.500. The largest absolute Gasteiger partial charge is 0.316 e. The molecule has 1 fully saturated rings. The zero-order chi connectivity index (χ0) is 9.64. The Kier molecular flexibility index (Phi) is 3.90. The quantitative estimate of drug-likeness (QED) is 0.762. The van der Waals surface area contributed by atoms with E-state index in [1.54, 1.807) is 0 Å². The first-order valence-corrected chi connectivity index (χ1v) is 6.32. The minimum absolute atomic E-state index is 0.922. The average Bonchev–Trinajstić information content (AvgIpc) is 2.72. The van der Waals surface area contributed by atoms with Gasteiger partial charge in [-0.2, -0.15) is 0 Å². The van der Waals surface area contributed by atoms with Crippen molar-refractivity contribution in [2.75, 3.05) is 18.8 Å². The fourth-order valence-corrected chi connectivity index (χ4v) is 2.86. The van der Waals surface area contributed by atoms with E-state index in [1.165, 1.54) is 36.6 Å². The minimum atomic E-state index is 0.922. The van der Waals surface area contributed by atoms with E-state index >= 15 is 0 Å². The molecule has 1 atom stereocenters. The Balaban J connectivity index is 1.67. The van der Waals surface area contributed by atoms with Gasteiger partial charge in [0.2, 0.25) is 0 Å². The number of hydrogen-bond acceptors (Lipinski definition) is 2. The third kappa shape index (κ3) is 3.03. The normalized spacial score (nSPS) is 21.3. The molecule has 1 aromatic rings. The molecule has 1 saturated heterocycles. The van der Waals surface area contributed by atoms with Gasteiger partial charge in [-0.15, -0.1) is 11.8 Å². The van der Waals surface area contributed by atoms with Crippen LogP contribution in [-0.4, -0.2) is 18.8 Å². The maximum atomic E-state index is 3.41. The van der Waals surface area contributed by atoms with E-state index in [4.69, 9.17) is 0 Å². The summed E-state index contributed by atoms with van der Waals surface area (Å²) in [5, 5.41) is 3.41. The Bertz CT molecular complexity index is 254. The monoisotopic (exact) mass is 207 g/mol. The van der Waals surface area contributed by atoms with Crippen molar-refractivity contribution in [2.24, 2.45) is 5.92 Å². The van der Waals surface area contributed by atoms with Gasteiger partial charge in [0.1, 0.15) is 0 Å². The molecule has 2 rings (SSSR count). The van der Waals surface area contributed by atoms with Crippen molar-refractivity contribution in [3.63, 3.8) is 0 Å². The third-order valence-corrected chi connectivity index (χ3v) is 3.75. The summed E-state index contributed by atoms with van der Waals surface area (Å²) in [5.41, 5.74) is 0. The second-order valence-corrected chi connectivity index (χ2v) is 4.98. The highest BCUT2D eigenvalue weighted by atomic mass is 32.2. The summed E-state index contributed by atoms with van der Waals surface area (Å²) >= 11 is 1.98. The van der Waals surface area contributed by atoms with E-state index in [1.807, 2.05) is 11.8 Å². The highest BCUT2D eigenvalue weighted by molar-refractivity contribution is 7.99. The molecule has 1 unspecified atom stereocenters. The van der Waals surface area contributed by atoms with Crippen LogP contribution in [0, 0.1) is 5.92 Å². The molecule has 1 aliphatic rings. The lowest BCUT2D eigenvalue weighted by molar-refractivity contribution is 0.568. The van der Waals surface area contributed by atoms with Gasteiger partial charge in [-0.25, -0.2) is 0 Å². The minimum Gasteiger partial charge on any atom is -0.316 e. The van der Waals surface area contributed by atoms with Crippen LogP contribution in [0.1, 0.15) is 12.8 Å². The summed E-state index contributed by atoms with van der Waals surface area (Å²) in [6, 6.07) is 10.7. The molecule has 0 bridgehead atoms. The molecule has 0 aliphatic carbocycles. The smallest absolute Gasteiger partial charge is 0.00719 e. The molecule has 76 valence electrons. The van der Waals surface area contributed by atoms with Gasteiger partial charge in [0.05, 0.1) is 0 Å². The van der Waals surface area contributed by atoms with Gasteiger partial charge < -0.3 is 5.32 Å². The van der Waals surface area contributed by atoms with Crippen LogP contribution < -0.4 is 5.32 Å². The standard InChI is InChI=1S/C12H17NS/c1-2-4-12(5-3-1)14-9-7-11-6-8-13-10-11/h1-5,11,13H,6-10H2. The van der Waals surface area contributed by atoms with Crippen LogP contribution >= 0.6 is 11.8 Å². The molecular formula is C12H17NS. The molecule has 0 radical (unpaired) electrons. The Morgan fingerprint density at radius 3 is 2.86 bits per heavy atom. The van der Waals surface area contributed by atoms with E-state index in [-0.39, 0.29) is 0 Å². The van der Waals surface area contributed by atoms with Crippen LogP contribution in [0.3, 0.4) is 0 Å². The lowest BCUT2D eigenvalue weighted by Gasteiger charge is -2.06. The first-order chi connectivity index (χ1) is 6.95. The van der Waals surface area contributed by atoms with Gasteiger partial charge in [0.15, 0.2) is 0 Å². The van der Waals surface area contributed by atoms with Crippen LogP contribution in [0.2, 0.25) is 0 Å². The molecule has 1 aliphatic heterocycles. The van der Waals surface area contributed by atoms with Crippen molar-refractivity contribution >= 4 is 11.8 Å². The Morgan fingerprint density at radius 1 is 1.29 bits per heavy atom. The second-order valence-electron chi connectivity index (χ2n) is 3.81. The third-order valence-electron chi connectivity index (χ3n) is 2.70. The Morgan fingerprint density at radius 2 is 2.14 bits per heavy atom. The van der Waals surface area contributed by atoms with Crippen molar-refractivity contribution in [1.82, 2.24) is 5.32 Å². The fourth-order valence-electron chi connectivity index (χ4n) is 1.82. The van der Waals surface area contributed by atoms with Gasteiger partial charge >= 0.3 is 0 Å². The first kappa shape index (κ1) is 10.1. The highest BCUT2D eigenvalue weighted by Gasteiger charge is 2.13. The molecule has 1 heterocycles. The molecule has 2 heteroatoms. The van der Waals surface area contributed by atoms with Crippen LogP contribution in [0.15, 0.2) is 35.2 Å². The van der Waals surface area contributed by atoms with Crippen molar-refractivity contribution in [1.29, 1.82) is 0 Å². The number of rotatable bonds is 4. The van der Waals surface area contributed by atoms with Crippen molar-refractivity contribution in [3.8, 4) is 0 Å². The average molecular weight is 207 g/mol. The first-order valence-electron chi connectivity index (χ1n) is 5.34. The SMILES string of the molecule is c1ccc(SCCC2CCNC2)cc1. The number of nitrogens with one attached hydrogen (secondary N) is 1. The zero-order valence-electron chi connectivity index (χ0n) is 8.41. The van der Waals surface area contributed by atoms with Gasteiger partial charge in [0.25, 0.3) is 0 Å². The van der Waals surface area contributed by atoms with E-state index in [0.717, 1.165) is 5.92 Å². The van der Waals surface area contributed by atoms with Crippen molar-refractivity contribution < 1.29 is 0 Å². The lowest BCUT2D eigenvalue weighted by Crippen LogP contribution is -2.09. The van der Waals surface area contributed by atoms with E-state index in [2.05, 4.69) is 35.6 Å². The molecule has 1 aromatic carbocycles. The second kappa shape index (κ2) is 5.42. The molecule has 1 nitrogen and oxygen atoms in total. The summed E-state index contributed by atoms with van der Waals surface area (Å²) in [6.07, 6.45) is 2.72. The lowest BCUT2D eigenvalue weighted by atomic mass is 10.1. The molecule has 14 heavy (non-hydrogen) atoms. The Hall–Kier alpha value is -0.470. The van der Waals surface area contributed by atoms with Crippen LogP contribution in [-0.2, 0) is 0 Å². The highest BCUT2D eigenvalue weighted by Crippen LogP contribution is 2.21. The Labute approximate surface area is 90.3 Å². The predicted octanol–water partition coefficient (Wildman–Crippen LogP) is 2.78. The van der Waals surface area contributed by atoms with Crippen molar-refractivity contribution in [2.45, 2.75) is 17.7 Å².